The van der Waals surface area contributed by atoms with Crippen molar-refractivity contribution in [3.05, 3.63) is 0 Å². The van der Waals surface area contributed by atoms with Crippen LogP contribution in [0.15, 0.2) is 0 Å². The summed E-state index contributed by atoms with van der Waals surface area (Å²) in [6.45, 7) is 4.06. The van der Waals surface area contributed by atoms with Gasteiger partial charge in [-0.15, -0.1) is 0 Å². The number of rotatable bonds is 12. The van der Waals surface area contributed by atoms with Gasteiger partial charge in [0.2, 0.25) is 0 Å². The predicted molar refractivity (Wildman–Crippen MR) is 78.5 cm³/mol. The summed E-state index contributed by atoms with van der Waals surface area (Å²) in [4.78, 5) is 0. The van der Waals surface area contributed by atoms with Crippen LogP contribution in [0.4, 0.5) is 0 Å². The van der Waals surface area contributed by atoms with Crippen molar-refractivity contribution in [1.82, 2.24) is 0 Å². The van der Waals surface area contributed by atoms with E-state index in [2.05, 4.69) is 6.07 Å². The molecular formula is C16H29NO3. The van der Waals surface area contributed by atoms with E-state index in [1.54, 1.807) is 0 Å². The monoisotopic (exact) mass is 283 g/mol. The number of unbranched alkanes of at least 4 members (excludes halogenated alkanes) is 4. The van der Waals surface area contributed by atoms with Gasteiger partial charge in [-0.25, -0.2) is 0 Å². The lowest BCUT2D eigenvalue weighted by Crippen LogP contribution is -2.24. The summed E-state index contributed by atoms with van der Waals surface area (Å²) in [7, 11) is 0. The number of nitrogens with zero attached hydrogens (tertiary/aromatic N) is 1. The third kappa shape index (κ3) is 10.2. The first-order valence-electron chi connectivity index (χ1n) is 8.07. The molecule has 1 saturated heterocycles. The van der Waals surface area contributed by atoms with Crippen molar-refractivity contribution < 1.29 is 14.2 Å². The average Bonchev–Trinajstić information content (AvgIpc) is 2.49. The molecule has 0 spiro atoms. The number of hydrogen-bond acceptors (Lipinski definition) is 4. The SMILES string of the molecule is N#CCCCOCCCCCCOCC1CCCCO1. The topological polar surface area (TPSA) is 51.5 Å². The van der Waals surface area contributed by atoms with Gasteiger partial charge in [-0.2, -0.15) is 5.26 Å². The normalized spacial score (nSPS) is 18.9. The second kappa shape index (κ2) is 13.4. The van der Waals surface area contributed by atoms with Crippen molar-refractivity contribution in [1.29, 1.82) is 5.26 Å². The highest BCUT2D eigenvalue weighted by Gasteiger charge is 2.13. The van der Waals surface area contributed by atoms with Gasteiger partial charge in [-0.3, -0.25) is 0 Å². The minimum atomic E-state index is 0.338. The highest BCUT2D eigenvalue weighted by atomic mass is 16.5. The molecule has 0 aromatic heterocycles. The third-order valence-electron chi connectivity index (χ3n) is 3.48. The molecule has 1 unspecified atom stereocenters. The molecule has 4 heteroatoms. The molecule has 0 N–H and O–H groups in total. The van der Waals surface area contributed by atoms with Crippen LogP contribution in [0.3, 0.4) is 0 Å². The maximum atomic E-state index is 8.37. The standard InChI is InChI=1S/C16H29NO3/c17-10-4-8-12-18-11-5-1-2-6-13-19-15-16-9-3-7-14-20-16/h16H,1-9,11-15H2. The van der Waals surface area contributed by atoms with E-state index in [4.69, 9.17) is 19.5 Å². The molecule has 4 nitrogen and oxygen atoms in total. The Kier molecular flexibility index (Phi) is 11.6. The Hall–Kier alpha value is -0.630. The van der Waals surface area contributed by atoms with Gasteiger partial charge in [0.05, 0.1) is 18.8 Å². The van der Waals surface area contributed by atoms with Gasteiger partial charge in [0, 0.05) is 32.8 Å². The molecule has 0 bridgehead atoms. The molecule has 1 aliphatic rings. The molecular weight excluding hydrogens is 254 g/mol. The Morgan fingerprint density at radius 1 is 0.950 bits per heavy atom. The average molecular weight is 283 g/mol. The molecule has 116 valence electrons. The smallest absolute Gasteiger partial charge is 0.0808 e. The summed E-state index contributed by atoms with van der Waals surface area (Å²) < 4.78 is 16.7. The Morgan fingerprint density at radius 2 is 1.70 bits per heavy atom. The van der Waals surface area contributed by atoms with Gasteiger partial charge < -0.3 is 14.2 Å². The molecule has 0 aromatic rings. The first kappa shape index (κ1) is 17.4. The van der Waals surface area contributed by atoms with Crippen LogP contribution in [-0.2, 0) is 14.2 Å². The number of ether oxygens (including phenoxy) is 3. The van der Waals surface area contributed by atoms with E-state index >= 15 is 0 Å². The van der Waals surface area contributed by atoms with Crippen LogP contribution in [0, 0.1) is 11.3 Å². The van der Waals surface area contributed by atoms with E-state index in [1.807, 2.05) is 0 Å². The summed E-state index contributed by atoms with van der Waals surface area (Å²) in [6.07, 6.45) is 10.1. The lowest BCUT2D eigenvalue weighted by atomic mass is 10.1. The number of nitriles is 1. The van der Waals surface area contributed by atoms with Crippen molar-refractivity contribution in [2.24, 2.45) is 0 Å². The van der Waals surface area contributed by atoms with Crippen LogP contribution in [0.2, 0.25) is 0 Å². The Labute approximate surface area is 123 Å². The maximum absolute atomic E-state index is 8.37. The minimum absolute atomic E-state index is 0.338. The van der Waals surface area contributed by atoms with Crippen LogP contribution in [0.1, 0.15) is 57.8 Å². The van der Waals surface area contributed by atoms with E-state index in [1.165, 1.54) is 25.7 Å². The van der Waals surface area contributed by atoms with Crippen molar-refractivity contribution >= 4 is 0 Å². The third-order valence-corrected chi connectivity index (χ3v) is 3.48. The van der Waals surface area contributed by atoms with E-state index < -0.39 is 0 Å². The van der Waals surface area contributed by atoms with Gasteiger partial charge in [0.1, 0.15) is 0 Å². The molecule has 0 aromatic carbocycles. The molecule has 1 atom stereocenters. The van der Waals surface area contributed by atoms with E-state index in [0.717, 1.165) is 58.7 Å². The molecule has 0 aliphatic carbocycles. The molecule has 20 heavy (non-hydrogen) atoms. The van der Waals surface area contributed by atoms with Crippen LogP contribution in [0.25, 0.3) is 0 Å². The Morgan fingerprint density at radius 3 is 2.40 bits per heavy atom. The maximum Gasteiger partial charge on any atom is 0.0808 e. The minimum Gasteiger partial charge on any atom is -0.381 e. The fourth-order valence-electron chi connectivity index (χ4n) is 2.27. The zero-order chi connectivity index (χ0) is 14.3. The molecule has 1 heterocycles. The Balaban J connectivity index is 1.71. The quantitative estimate of drug-likeness (QED) is 0.515. The molecule has 0 saturated carbocycles. The second-order valence-electron chi connectivity index (χ2n) is 5.35. The predicted octanol–water partition coefficient (Wildman–Crippen LogP) is 3.45. The van der Waals surface area contributed by atoms with E-state index in [0.29, 0.717) is 12.5 Å². The lowest BCUT2D eigenvalue weighted by molar-refractivity contribution is -0.0411. The van der Waals surface area contributed by atoms with E-state index in [9.17, 15) is 0 Å². The van der Waals surface area contributed by atoms with Gasteiger partial charge >= 0.3 is 0 Å². The highest BCUT2D eigenvalue weighted by molar-refractivity contribution is 4.67. The molecule has 0 amide bonds. The van der Waals surface area contributed by atoms with Gasteiger partial charge in [-0.05, 0) is 38.5 Å². The highest BCUT2D eigenvalue weighted by Crippen LogP contribution is 2.13. The van der Waals surface area contributed by atoms with Gasteiger partial charge in [-0.1, -0.05) is 12.8 Å². The summed E-state index contributed by atoms with van der Waals surface area (Å²) in [5.74, 6) is 0. The molecule has 1 rings (SSSR count). The molecule has 1 aliphatic heterocycles. The fraction of sp³-hybridized carbons (Fsp3) is 0.938. The van der Waals surface area contributed by atoms with Crippen LogP contribution in [-0.4, -0.2) is 39.1 Å². The first-order chi connectivity index (χ1) is 9.93. The zero-order valence-electron chi connectivity index (χ0n) is 12.6. The Bertz CT molecular complexity index is 247. The largest absolute Gasteiger partial charge is 0.381 e. The van der Waals surface area contributed by atoms with Gasteiger partial charge in [0.15, 0.2) is 0 Å². The summed E-state index contributed by atoms with van der Waals surface area (Å²) in [5.41, 5.74) is 0. The van der Waals surface area contributed by atoms with Crippen LogP contribution >= 0.6 is 0 Å². The summed E-state index contributed by atoms with van der Waals surface area (Å²) >= 11 is 0. The van der Waals surface area contributed by atoms with Crippen molar-refractivity contribution in [3.8, 4) is 6.07 Å². The second-order valence-corrected chi connectivity index (χ2v) is 5.35. The van der Waals surface area contributed by atoms with Gasteiger partial charge in [0.25, 0.3) is 0 Å². The summed E-state index contributed by atoms with van der Waals surface area (Å²) in [6, 6.07) is 2.12. The molecule has 1 fully saturated rings. The first-order valence-corrected chi connectivity index (χ1v) is 8.07. The summed E-state index contributed by atoms with van der Waals surface area (Å²) in [5, 5.41) is 8.37. The molecule has 0 radical (unpaired) electrons. The van der Waals surface area contributed by atoms with Crippen molar-refractivity contribution in [2.75, 3.05) is 33.0 Å². The van der Waals surface area contributed by atoms with Crippen molar-refractivity contribution in [2.45, 2.75) is 63.9 Å². The van der Waals surface area contributed by atoms with Crippen molar-refractivity contribution in [3.63, 3.8) is 0 Å². The zero-order valence-corrected chi connectivity index (χ0v) is 12.6. The number of hydrogen-bond donors (Lipinski definition) is 0. The van der Waals surface area contributed by atoms with Crippen LogP contribution < -0.4 is 0 Å². The fourth-order valence-corrected chi connectivity index (χ4v) is 2.27. The van der Waals surface area contributed by atoms with Crippen LogP contribution in [0.5, 0.6) is 0 Å². The van der Waals surface area contributed by atoms with E-state index in [-0.39, 0.29) is 0 Å². The lowest BCUT2D eigenvalue weighted by Gasteiger charge is -2.22.